The van der Waals surface area contributed by atoms with Gasteiger partial charge >= 0.3 is 0 Å². The zero-order valence-corrected chi connectivity index (χ0v) is 9.15. The molecule has 0 aromatic carbocycles. The first-order valence-corrected chi connectivity index (χ1v) is 5.38. The molecule has 0 unspecified atom stereocenters. The minimum Gasteiger partial charge on any atom is -0.467 e. The fraction of sp³-hybridized carbons (Fsp3) is 0.0769. The summed E-state index contributed by atoms with van der Waals surface area (Å²) in [5, 5.41) is 0. The predicted octanol–water partition coefficient (Wildman–Crippen LogP) is 2.59. The van der Waals surface area contributed by atoms with E-state index < -0.39 is 0 Å². The SMILES string of the molecule is c1ccc(-c2nccn2Cc2ccco2)nc1. The van der Waals surface area contributed by atoms with E-state index >= 15 is 0 Å². The molecule has 84 valence electrons. The predicted molar refractivity (Wildman–Crippen MR) is 63.3 cm³/mol. The van der Waals surface area contributed by atoms with E-state index in [1.165, 1.54) is 0 Å². The number of pyridine rings is 1. The lowest BCUT2D eigenvalue weighted by Crippen LogP contribution is -2.00. The van der Waals surface area contributed by atoms with Crippen LogP contribution < -0.4 is 0 Å². The lowest BCUT2D eigenvalue weighted by molar-refractivity contribution is 0.494. The van der Waals surface area contributed by atoms with Crippen LogP contribution in [0.15, 0.2) is 59.6 Å². The average molecular weight is 225 g/mol. The average Bonchev–Trinajstić information content (AvgIpc) is 3.02. The second-order valence-electron chi connectivity index (χ2n) is 3.67. The molecule has 3 heterocycles. The molecule has 0 spiro atoms. The molecular weight excluding hydrogens is 214 g/mol. The van der Waals surface area contributed by atoms with Gasteiger partial charge in [0.25, 0.3) is 0 Å². The molecular formula is C13H11N3O. The Morgan fingerprint density at radius 1 is 1.06 bits per heavy atom. The molecule has 3 rings (SSSR count). The molecule has 0 aliphatic carbocycles. The maximum absolute atomic E-state index is 5.33. The zero-order valence-electron chi connectivity index (χ0n) is 9.15. The van der Waals surface area contributed by atoms with Crippen molar-refractivity contribution in [3.8, 4) is 11.5 Å². The van der Waals surface area contributed by atoms with E-state index in [-0.39, 0.29) is 0 Å². The Morgan fingerprint density at radius 2 is 2.06 bits per heavy atom. The molecule has 17 heavy (non-hydrogen) atoms. The van der Waals surface area contributed by atoms with Crippen LogP contribution >= 0.6 is 0 Å². The summed E-state index contributed by atoms with van der Waals surface area (Å²) >= 11 is 0. The van der Waals surface area contributed by atoms with Crippen molar-refractivity contribution in [1.82, 2.24) is 14.5 Å². The largest absolute Gasteiger partial charge is 0.467 e. The number of nitrogens with zero attached hydrogens (tertiary/aromatic N) is 3. The maximum atomic E-state index is 5.33. The Morgan fingerprint density at radius 3 is 2.82 bits per heavy atom. The normalized spacial score (nSPS) is 10.6. The number of aromatic nitrogens is 3. The number of imidazole rings is 1. The molecule has 0 aliphatic heterocycles. The number of rotatable bonds is 3. The summed E-state index contributed by atoms with van der Waals surface area (Å²) in [4.78, 5) is 8.62. The first kappa shape index (κ1) is 9.84. The third-order valence-electron chi connectivity index (χ3n) is 2.52. The summed E-state index contributed by atoms with van der Waals surface area (Å²) in [6, 6.07) is 9.62. The molecule has 3 aromatic heterocycles. The summed E-state index contributed by atoms with van der Waals surface area (Å²) in [6.45, 7) is 0.666. The third kappa shape index (κ3) is 1.97. The Balaban J connectivity index is 1.95. The first-order valence-electron chi connectivity index (χ1n) is 5.38. The van der Waals surface area contributed by atoms with Gasteiger partial charge in [0.15, 0.2) is 5.82 Å². The van der Waals surface area contributed by atoms with Crippen molar-refractivity contribution in [2.75, 3.05) is 0 Å². The second-order valence-corrected chi connectivity index (χ2v) is 3.67. The minimum atomic E-state index is 0.666. The van der Waals surface area contributed by atoms with Gasteiger partial charge in [0.2, 0.25) is 0 Å². The summed E-state index contributed by atoms with van der Waals surface area (Å²) in [5.41, 5.74) is 0.865. The Hall–Kier alpha value is -2.36. The Bertz CT molecular complexity index is 584. The molecule has 0 fully saturated rings. The van der Waals surface area contributed by atoms with Crippen molar-refractivity contribution in [1.29, 1.82) is 0 Å². The van der Waals surface area contributed by atoms with Crippen LogP contribution in [0.1, 0.15) is 5.76 Å². The summed E-state index contributed by atoms with van der Waals surface area (Å²) in [7, 11) is 0. The highest BCUT2D eigenvalue weighted by Gasteiger charge is 2.07. The van der Waals surface area contributed by atoms with Crippen LogP contribution in [0.25, 0.3) is 11.5 Å². The van der Waals surface area contributed by atoms with E-state index in [2.05, 4.69) is 9.97 Å². The van der Waals surface area contributed by atoms with Gasteiger partial charge in [-0.25, -0.2) is 4.98 Å². The summed E-state index contributed by atoms with van der Waals surface area (Å²) < 4.78 is 7.34. The van der Waals surface area contributed by atoms with E-state index in [9.17, 15) is 0 Å². The van der Waals surface area contributed by atoms with Gasteiger partial charge in [0, 0.05) is 18.6 Å². The van der Waals surface area contributed by atoms with Crippen molar-refractivity contribution >= 4 is 0 Å². The summed E-state index contributed by atoms with van der Waals surface area (Å²) in [6.07, 6.45) is 7.13. The van der Waals surface area contributed by atoms with Crippen LogP contribution in [0.4, 0.5) is 0 Å². The van der Waals surface area contributed by atoms with Crippen molar-refractivity contribution in [3.63, 3.8) is 0 Å². The van der Waals surface area contributed by atoms with E-state index in [1.54, 1.807) is 18.7 Å². The van der Waals surface area contributed by atoms with Crippen LogP contribution in [-0.4, -0.2) is 14.5 Å². The summed E-state index contributed by atoms with van der Waals surface area (Å²) in [5.74, 6) is 1.75. The number of furan rings is 1. The van der Waals surface area contributed by atoms with Crippen LogP contribution in [0.5, 0.6) is 0 Å². The minimum absolute atomic E-state index is 0.666. The molecule has 0 amide bonds. The van der Waals surface area contributed by atoms with E-state index in [1.807, 2.05) is 41.1 Å². The van der Waals surface area contributed by atoms with Crippen LogP contribution in [0.2, 0.25) is 0 Å². The van der Waals surface area contributed by atoms with Gasteiger partial charge in [-0.15, -0.1) is 0 Å². The lowest BCUT2D eigenvalue weighted by Gasteiger charge is -2.04. The Kier molecular flexibility index (Phi) is 2.46. The zero-order chi connectivity index (χ0) is 11.5. The van der Waals surface area contributed by atoms with Gasteiger partial charge in [0.05, 0.1) is 12.8 Å². The maximum Gasteiger partial charge on any atom is 0.159 e. The topological polar surface area (TPSA) is 43.9 Å². The van der Waals surface area contributed by atoms with Crippen molar-refractivity contribution in [2.24, 2.45) is 0 Å². The van der Waals surface area contributed by atoms with E-state index in [0.717, 1.165) is 17.3 Å². The molecule has 4 heteroatoms. The van der Waals surface area contributed by atoms with Crippen LogP contribution in [-0.2, 0) is 6.54 Å². The van der Waals surface area contributed by atoms with Gasteiger partial charge in [0.1, 0.15) is 11.5 Å². The third-order valence-corrected chi connectivity index (χ3v) is 2.52. The van der Waals surface area contributed by atoms with Gasteiger partial charge < -0.3 is 8.98 Å². The monoisotopic (exact) mass is 225 g/mol. The molecule has 0 radical (unpaired) electrons. The fourth-order valence-electron chi connectivity index (χ4n) is 1.74. The van der Waals surface area contributed by atoms with Gasteiger partial charge in [-0.1, -0.05) is 6.07 Å². The lowest BCUT2D eigenvalue weighted by atomic mass is 10.3. The molecule has 0 atom stereocenters. The van der Waals surface area contributed by atoms with E-state index in [4.69, 9.17) is 4.42 Å². The molecule has 0 saturated carbocycles. The Labute approximate surface area is 98.6 Å². The molecule has 0 bridgehead atoms. The van der Waals surface area contributed by atoms with Crippen molar-refractivity contribution in [3.05, 3.63) is 60.9 Å². The quantitative estimate of drug-likeness (QED) is 0.688. The molecule has 3 aromatic rings. The van der Waals surface area contributed by atoms with Gasteiger partial charge in [-0.3, -0.25) is 4.98 Å². The molecule has 0 N–H and O–H groups in total. The van der Waals surface area contributed by atoms with Gasteiger partial charge in [-0.2, -0.15) is 0 Å². The molecule has 0 saturated heterocycles. The number of hydrogen-bond donors (Lipinski definition) is 0. The van der Waals surface area contributed by atoms with Gasteiger partial charge in [-0.05, 0) is 24.3 Å². The highest BCUT2D eigenvalue weighted by molar-refractivity contribution is 5.49. The highest BCUT2D eigenvalue weighted by atomic mass is 16.3. The smallest absolute Gasteiger partial charge is 0.159 e. The van der Waals surface area contributed by atoms with Crippen molar-refractivity contribution < 1.29 is 4.42 Å². The van der Waals surface area contributed by atoms with E-state index in [0.29, 0.717) is 6.54 Å². The number of hydrogen-bond acceptors (Lipinski definition) is 3. The second kappa shape index (κ2) is 4.25. The fourth-order valence-corrected chi connectivity index (χ4v) is 1.74. The molecule has 0 aliphatic rings. The standard InChI is InChI=1S/C13H11N3O/c1-2-6-14-12(5-1)13-15-7-8-16(13)10-11-4-3-9-17-11/h1-9H,10H2. The van der Waals surface area contributed by atoms with Crippen molar-refractivity contribution in [2.45, 2.75) is 6.54 Å². The van der Waals surface area contributed by atoms with Crippen LogP contribution in [0, 0.1) is 0 Å². The van der Waals surface area contributed by atoms with Crippen LogP contribution in [0.3, 0.4) is 0 Å². The highest BCUT2D eigenvalue weighted by Crippen LogP contribution is 2.15. The first-order chi connectivity index (χ1) is 8.43. The molecule has 4 nitrogen and oxygen atoms in total.